The molecule has 2 aromatic rings. The molecule has 0 unspecified atom stereocenters. The highest BCUT2D eigenvalue weighted by Crippen LogP contribution is 2.26. The van der Waals surface area contributed by atoms with Crippen molar-refractivity contribution in [1.82, 2.24) is 4.98 Å². The van der Waals surface area contributed by atoms with Crippen LogP contribution in [0, 0.1) is 0 Å². The van der Waals surface area contributed by atoms with Crippen molar-refractivity contribution in [2.75, 3.05) is 17.7 Å². The first-order valence-corrected chi connectivity index (χ1v) is 6.09. The van der Waals surface area contributed by atoms with Gasteiger partial charge in [-0.2, -0.15) is 8.78 Å². The molecule has 0 fully saturated rings. The predicted molar refractivity (Wildman–Crippen MR) is 74.8 cm³/mol. The lowest BCUT2D eigenvalue weighted by atomic mass is 10.2. The van der Waals surface area contributed by atoms with Crippen LogP contribution in [0.3, 0.4) is 0 Å². The third-order valence-corrected chi connectivity index (χ3v) is 2.63. The average molecular weight is 293 g/mol. The zero-order valence-corrected chi connectivity index (χ0v) is 11.1. The second-order valence-electron chi connectivity index (χ2n) is 4.01. The number of benzene rings is 1. The van der Waals surface area contributed by atoms with Crippen LogP contribution in [-0.2, 0) is 0 Å². The number of aromatic nitrogens is 1. The first kappa shape index (κ1) is 14.7. The zero-order chi connectivity index (χ0) is 15.2. The number of carbonyl (C=O) groups is 1. The lowest BCUT2D eigenvalue weighted by Gasteiger charge is -2.11. The number of amides is 1. The van der Waals surface area contributed by atoms with Crippen LogP contribution in [0.4, 0.5) is 20.2 Å². The number of hydrogen-bond donors (Lipinski definition) is 2. The largest absolute Gasteiger partial charge is 0.433 e. The molecule has 1 aromatic carbocycles. The highest BCUT2D eigenvalue weighted by atomic mass is 19.3. The van der Waals surface area contributed by atoms with Crippen LogP contribution in [-0.4, -0.2) is 24.6 Å². The summed E-state index contributed by atoms with van der Waals surface area (Å²) >= 11 is 0. The molecule has 21 heavy (non-hydrogen) atoms. The number of hydrogen-bond acceptors (Lipinski definition) is 4. The van der Waals surface area contributed by atoms with Crippen molar-refractivity contribution in [3.8, 4) is 5.75 Å². The lowest BCUT2D eigenvalue weighted by molar-refractivity contribution is -0.0493. The number of anilines is 2. The first-order valence-electron chi connectivity index (χ1n) is 6.09. The number of ether oxygens (including phenoxy) is 1. The standard InChI is InChI=1S/C14H13F2N3O2/c1-17-9-6-7-18-11(8-9)13(20)19-10-4-2-3-5-12(10)21-14(15)16/h2-8,14H,1H3,(H,17,18)(H,19,20). The van der Waals surface area contributed by atoms with Crippen molar-refractivity contribution in [3.63, 3.8) is 0 Å². The maximum atomic E-state index is 12.3. The maximum absolute atomic E-state index is 12.3. The van der Waals surface area contributed by atoms with Crippen LogP contribution in [0.25, 0.3) is 0 Å². The van der Waals surface area contributed by atoms with E-state index in [4.69, 9.17) is 0 Å². The van der Waals surface area contributed by atoms with Gasteiger partial charge in [0.05, 0.1) is 5.69 Å². The van der Waals surface area contributed by atoms with E-state index in [1.54, 1.807) is 25.2 Å². The molecule has 0 bridgehead atoms. The fourth-order valence-electron chi connectivity index (χ4n) is 1.67. The van der Waals surface area contributed by atoms with Gasteiger partial charge < -0.3 is 15.4 Å². The minimum atomic E-state index is -2.96. The number of rotatable bonds is 5. The summed E-state index contributed by atoms with van der Waals surface area (Å²) < 4.78 is 29.0. The smallest absolute Gasteiger partial charge is 0.387 e. The van der Waals surface area contributed by atoms with Gasteiger partial charge in [-0.3, -0.25) is 9.78 Å². The van der Waals surface area contributed by atoms with Crippen LogP contribution >= 0.6 is 0 Å². The van der Waals surface area contributed by atoms with Crippen LogP contribution < -0.4 is 15.4 Å². The van der Waals surface area contributed by atoms with Gasteiger partial charge in [-0.25, -0.2) is 0 Å². The minimum absolute atomic E-state index is 0.106. The van der Waals surface area contributed by atoms with Gasteiger partial charge in [-0.05, 0) is 24.3 Å². The quantitative estimate of drug-likeness (QED) is 0.889. The molecule has 5 nitrogen and oxygen atoms in total. The van der Waals surface area contributed by atoms with E-state index < -0.39 is 12.5 Å². The zero-order valence-electron chi connectivity index (χ0n) is 11.1. The molecule has 0 radical (unpaired) electrons. The van der Waals surface area contributed by atoms with Gasteiger partial charge >= 0.3 is 6.61 Å². The summed E-state index contributed by atoms with van der Waals surface area (Å²) in [5.41, 5.74) is 1.03. The SMILES string of the molecule is CNc1ccnc(C(=O)Nc2ccccc2OC(F)F)c1. The lowest BCUT2D eigenvalue weighted by Crippen LogP contribution is -2.15. The number of alkyl halides is 2. The van der Waals surface area contributed by atoms with E-state index in [-0.39, 0.29) is 17.1 Å². The summed E-state index contributed by atoms with van der Waals surface area (Å²) in [6.07, 6.45) is 1.47. The summed E-state index contributed by atoms with van der Waals surface area (Å²) in [5.74, 6) is -0.622. The Morgan fingerprint density at radius 1 is 1.29 bits per heavy atom. The van der Waals surface area contributed by atoms with Crippen molar-refractivity contribution in [2.24, 2.45) is 0 Å². The van der Waals surface area contributed by atoms with Crippen molar-refractivity contribution >= 4 is 17.3 Å². The van der Waals surface area contributed by atoms with Gasteiger partial charge in [0.25, 0.3) is 5.91 Å². The monoisotopic (exact) mass is 293 g/mol. The molecule has 1 amide bonds. The Morgan fingerprint density at radius 2 is 2.05 bits per heavy atom. The molecule has 0 aliphatic carbocycles. The summed E-state index contributed by atoms with van der Waals surface area (Å²) in [4.78, 5) is 16.0. The summed E-state index contributed by atoms with van der Waals surface area (Å²) in [5, 5.41) is 5.38. The fourth-order valence-corrected chi connectivity index (χ4v) is 1.67. The highest BCUT2D eigenvalue weighted by molar-refractivity contribution is 6.04. The van der Waals surface area contributed by atoms with E-state index >= 15 is 0 Å². The Balaban J connectivity index is 2.19. The minimum Gasteiger partial charge on any atom is -0.433 e. The third kappa shape index (κ3) is 3.88. The summed E-state index contributed by atoms with van der Waals surface area (Å²) in [6.45, 7) is -2.96. The number of nitrogens with one attached hydrogen (secondary N) is 2. The fraction of sp³-hybridized carbons (Fsp3) is 0.143. The Labute approximate surface area is 120 Å². The molecule has 7 heteroatoms. The number of para-hydroxylation sites is 2. The average Bonchev–Trinajstić information content (AvgIpc) is 2.48. The molecule has 2 N–H and O–H groups in total. The van der Waals surface area contributed by atoms with E-state index in [2.05, 4.69) is 20.4 Å². The van der Waals surface area contributed by atoms with Crippen LogP contribution in [0.15, 0.2) is 42.6 Å². The molecular weight excluding hydrogens is 280 g/mol. The second kappa shape index (κ2) is 6.65. The highest BCUT2D eigenvalue weighted by Gasteiger charge is 2.13. The van der Waals surface area contributed by atoms with Crippen molar-refractivity contribution in [1.29, 1.82) is 0 Å². The van der Waals surface area contributed by atoms with Gasteiger partial charge in [0.15, 0.2) is 0 Å². The molecule has 0 atom stereocenters. The molecule has 0 saturated heterocycles. The molecule has 0 saturated carbocycles. The predicted octanol–water partition coefficient (Wildman–Crippen LogP) is 2.98. The van der Waals surface area contributed by atoms with Crippen LogP contribution in [0.1, 0.15) is 10.5 Å². The number of carbonyl (C=O) groups excluding carboxylic acids is 1. The molecule has 0 spiro atoms. The van der Waals surface area contributed by atoms with E-state index in [0.717, 1.165) is 0 Å². The van der Waals surface area contributed by atoms with Crippen molar-refractivity contribution in [2.45, 2.75) is 6.61 Å². The number of halogens is 2. The van der Waals surface area contributed by atoms with Crippen LogP contribution in [0.2, 0.25) is 0 Å². The molecule has 1 heterocycles. The summed E-state index contributed by atoms with van der Waals surface area (Å²) in [7, 11) is 1.71. The van der Waals surface area contributed by atoms with Gasteiger partial charge in [-0.1, -0.05) is 12.1 Å². The van der Waals surface area contributed by atoms with Crippen molar-refractivity contribution in [3.05, 3.63) is 48.3 Å². The number of nitrogens with zero attached hydrogens (tertiary/aromatic N) is 1. The molecule has 1 aromatic heterocycles. The van der Waals surface area contributed by atoms with Crippen LogP contribution in [0.5, 0.6) is 5.75 Å². The Hall–Kier alpha value is -2.70. The Morgan fingerprint density at radius 3 is 2.76 bits per heavy atom. The molecule has 2 rings (SSSR count). The summed E-state index contributed by atoms with van der Waals surface area (Å²) in [6, 6.07) is 9.20. The number of pyridine rings is 1. The van der Waals surface area contributed by atoms with E-state index in [1.807, 2.05) is 0 Å². The first-order chi connectivity index (χ1) is 10.1. The van der Waals surface area contributed by atoms with Gasteiger partial charge in [0.1, 0.15) is 11.4 Å². The Bertz CT molecular complexity index is 635. The van der Waals surface area contributed by atoms with Gasteiger partial charge in [0, 0.05) is 18.9 Å². The van der Waals surface area contributed by atoms with Gasteiger partial charge in [0.2, 0.25) is 0 Å². The Kier molecular flexibility index (Phi) is 4.65. The normalized spacial score (nSPS) is 10.3. The third-order valence-electron chi connectivity index (χ3n) is 2.63. The molecule has 0 aliphatic heterocycles. The topological polar surface area (TPSA) is 63.2 Å². The second-order valence-corrected chi connectivity index (χ2v) is 4.01. The van der Waals surface area contributed by atoms with E-state index in [1.165, 1.54) is 24.4 Å². The van der Waals surface area contributed by atoms with Gasteiger partial charge in [-0.15, -0.1) is 0 Å². The van der Waals surface area contributed by atoms with Crippen molar-refractivity contribution < 1.29 is 18.3 Å². The van der Waals surface area contributed by atoms with E-state index in [0.29, 0.717) is 5.69 Å². The maximum Gasteiger partial charge on any atom is 0.387 e. The molecule has 110 valence electrons. The van der Waals surface area contributed by atoms with E-state index in [9.17, 15) is 13.6 Å². The molecular formula is C14H13F2N3O2. The molecule has 0 aliphatic rings.